The van der Waals surface area contributed by atoms with Crippen LogP contribution in [-0.4, -0.2) is 68.7 Å². The Bertz CT molecular complexity index is 282. The van der Waals surface area contributed by atoms with E-state index in [-0.39, 0.29) is 18.6 Å². The summed E-state index contributed by atoms with van der Waals surface area (Å²) in [4.78, 5) is 1.29. The lowest BCUT2D eigenvalue weighted by atomic mass is 9.81. The number of alkyl halides is 3. The van der Waals surface area contributed by atoms with Crippen molar-refractivity contribution in [2.75, 3.05) is 52.5 Å². The molecule has 21 heavy (non-hydrogen) atoms. The average molecular weight is 312 g/mol. The molecule has 126 valence electrons. The highest BCUT2D eigenvalue weighted by Crippen LogP contribution is 2.30. The maximum Gasteiger partial charge on any atom is 0.401 e. The summed E-state index contributed by atoms with van der Waals surface area (Å²) in [6.45, 7) is 3.79. The minimum Gasteiger partial charge on any atom is -0.395 e. The van der Waals surface area contributed by atoms with Crippen LogP contribution in [0.4, 0.5) is 13.2 Å². The summed E-state index contributed by atoms with van der Waals surface area (Å²) < 4.78 is 43.4. The van der Waals surface area contributed by atoms with Crippen LogP contribution in [0.2, 0.25) is 0 Å². The van der Waals surface area contributed by atoms with Gasteiger partial charge in [-0.1, -0.05) is 6.92 Å². The van der Waals surface area contributed by atoms with Crippen molar-refractivity contribution in [1.29, 1.82) is 0 Å². The lowest BCUT2D eigenvalue weighted by Gasteiger charge is -2.41. The predicted molar refractivity (Wildman–Crippen MR) is 75.2 cm³/mol. The second-order valence-corrected chi connectivity index (χ2v) is 5.88. The van der Waals surface area contributed by atoms with Gasteiger partial charge in [-0.2, -0.15) is 13.2 Å². The van der Waals surface area contributed by atoms with Gasteiger partial charge in [0, 0.05) is 31.7 Å². The number of nitrogens with one attached hydrogen (secondary N) is 1. The van der Waals surface area contributed by atoms with Gasteiger partial charge in [0.25, 0.3) is 0 Å². The highest BCUT2D eigenvalue weighted by atomic mass is 19.4. The molecule has 7 heteroatoms. The standard InChI is InChI=1S/C14H27F3N2O2/c1-2-5-18-9-13(4-3-8-21-12-13)10-19(6-7-20)11-14(15,16)17/h18,20H,2-12H2,1H3. The fraction of sp³-hybridized carbons (Fsp3) is 1.00. The number of hydrogen-bond donors (Lipinski definition) is 2. The Balaban J connectivity index is 2.66. The van der Waals surface area contributed by atoms with Crippen molar-refractivity contribution >= 4 is 0 Å². The smallest absolute Gasteiger partial charge is 0.395 e. The van der Waals surface area contributed by atoms with Gasteiger partial charge < -0.3 is 15.2 Å². The Morgan fingerprint density at radius 2 is 2.14 bits per heavy atom. The molecule has 0 bridgehead atoms. The van der Waals surface area contributed by atoms with Crippen LogP contribution < -0.4 is 5.32 Å². The molecule has 0 aromatic carbocycles. The summed E-state index contributed by atoms with van der Waals surface area (Å²) in [5.41, 5.74) is -0.298. The van der Waals surface area contributed by atoms with Gasteiger partial charge >= 0.3 is 6.18 Å². The van der Waals surface area contributed by atoms with Crippen LogP contribution in [0.5, 0.6) is 0 Å². The molecule has 2 N–H and O–H groups in total. The summed E-state index contributed by atoms with van der Waals surface area (Å²) in [5, 5.41) is 12.3. The zero-order valence-electron chi connectivity index (χ0n) is 12.7. The summed E-state index contributed by atoms with van der Waals surface area (Å²) in [7, 11) is 0. The fourth-order valence-electron chi connectivity index (χ4n) is 2.84. The van der Waals surface area contributed by atoms with Crippen LogP contribution in [0.25, 0.3) is 0 Å². The minimum absolute atomic E-state index is 0.0367. The molecule has 0 saturated carbocycles. The quantitative estimate of drug-likeness (QED) is 0.635. The van der Waals surface area contributed by atoms with Crippen LogP contribution in [0.3, 0.4) is 0 Å². The third kappa shape index (κ3) is 7.44. The zero-order valence-corrected chi connectivity index (χ0v) is 12.7. The van der Waals surface area contributed by atoms with E-state index in [0.717, 1.165) is 25.8 Å². The number of rotatable bonds is 9. The lowest BCUT2D eigenvalue weighted by Crippen LogP contribution is -2.51. The van der Waals surface area contributed by atoms with Gasteiger partial charge in [-0.25, -0.2) is 0 Å². The number of aliphatic hydroxyl groups is 1. The minimum atomic E-state index is -4.25. The van der Waals surface area contributed by atoms with E-state index in [0.29, 0.717) is 26.3 Å². The molecule has 0 amide bonds. The van der Waals surface area contributed by atoms with Gasteiger partial charge in [-0.15, -0.1) is 0 Å². The summed E-state index contributed by atoms with van der Waals surface area (Å²) >= 11 is 0. The van der Waals surface area contributed by atoms with E-state index in [2.05, 4.69) is 12.2 Å². The first kappa shape index (κ1) is 18.7. The Morgan fingerprint density at radius 1 is 1.38 bits per heavy atom. The number of hydrogen-bond acceptors (Lipinski definition) is 4. The highest BCUT2D eigenvalue weighted by molar-refractivity contribution is 4.88. The topological polar surface area (TPSA) is 44.7 Å². The molecule has 0 spiro atoms. The molecule has 1 unspecified atom stereocenters. The van der Waals surface area contributed by atoms with Crippen LogP contribution in [0.15, 0.2) is 0 Å². The van der Waals surface area contributed by atoms with Gasteiger partial charge in [0.2, 0.25) is 0 Å². The molecule has 1 fully saturated rings. The highest BCUT2D eigenvalue weighted by Gasteiger charge is 2.38. The molecule has 1 heterocycles. The van der Waals surface area contributed by atoms with Gasteiger partial charge in [-0.3, -0.25) is 4.90 Å². The second kappa shape index (κ2) is 8.92. The van der Waals surface area contributed by atoms with E-state index in [1.165, 1.54) is 4.90 Å². The van der Waals surface area contributed by atoms with E-state index in [1.54, 1.807) is 0 Å². The predicted octanol–water partition coefficient (Wildman–Crippen LogP) is 1.64. The zero-order chi connectivity index (χ0) is 15.8. The molecule has 1 atom stereocenters. The van der Waals surface area contributed by atoms with Gasteiger partial charge in [0.05, 0.1) is 19.8 Å². The monoisotopic (exact) mass is 312 g/mol. The van der Waals surface area contributed by atoms with Crippen LogP contribution in [-0.2, 0) is 4.74 Å². The lowest BCUT2D eigenvalue weighted by molar-refractivity contribution is -0.153. The maximum atomic E-state index is 12.6. The van der Waals surface area contributed by atoms with Crippen molar-refractivity contribution in [3.05, 3.63) is 0 Å². The van der Waals surface area contributed by atoms with Crippen molar-refractivity contribution in [3.63, 3.8) is 0 Å². The molecule has 0 aliphatic carbocycles. The SMILES string of the molecule is CCCNCC1(CN(CCO)CC(F)(F)F)CCCOC1. The number of ether oxygens (including phenoxy) is 1. The first-order valence-corrected chi connectivity index (χ1v) is 7.59. The van der Waals surface area contributed by atoms with Crippen LogP contribution in [0, 0.1) is 5.41 Å². The molecule has 0 aromatic heterocycles. The third-order valence-corrected chi connectivity index (χ3v) is 3.71. The van der Waals surface area contributed by atoms with Crippen molar-refractivity contribution in [1.82, 2.24) is 10.2 Å². The Labute approximate surface area is 124 Å². The van der Waals surface area contributed by atoms with E-state index >= 15 is 0 Å². The van der Waals surface area contributed by atoms with Gasteiger partial charge in [-0.05, 0) is 25.8 Å². The molecular weight excluding hydrogens is 285 g/mol. The fourth-order valence-corrected chi connectivity index (χ4v) is 2.84. The van der Waals surface area contributed by atoms with E-state index in [9.17, 15) is 13.2 Å². The molecule has 1 aliphatic rings. The van der Waals surface area contributed by atoms with Gasteiger partial charge in [0.15, 0.2) is 0 Å². The van der Waals surface area contributed by atoms with Crippen LogP contribution in [0.1, 0.15) is 26.2 Å². The molecule has 4 nitrogen and oxygen atoms in total. The first-order chi connectivity index (χ1) is 9.91. The van der Waals surface area contributed by atoms with Crippen molar-refractivity contribution < 1.29 is 23.0 Å². The first-order valence-electron chi connectivity index (χ1n) is 7.59. The normalized spacial score (nSPS) is 23.7. The summed E-state index contributed by atoms with van der Waals surface area (Å²) in [6.07, 6.45) is -1.54. The Kier molecular flexibility index (Phi) is 7.94. The molecule has 1 aliphatic heterocycles. The molecular formula is C14H27F3N2O2. The Morgan fingerprint density at radius 3 is 2.67 bits per heavy atom. The molecule has 0 aromatic rings. The van der Waals surface area contributed by atoms with E-state index < -0.39 is 12.7 Å². The van der Waals surface area contributed by atoms with Crippen molar-refractivity contribution in [2.45, 2.75) is 32.4 Å². The molecule has 1 saturated heterocycles. The second-order valence-electron chi connectivity index (χ2n) is 5.88. The van der Waals surface area contributed by atoms with Crippen LogP contribution >= 0.6 is 0 Å². The third-order valence-electron chi connectivity index (χ3n) is 3.71. The van der Waals surface area contributed by atoms with E-state index in [4.69, 9.17) is 9.84 Å². The number of nitrogens with zero attached hydrogens (tertiary/aromatic N) is 1. The summed E-state index contributed by atoms with van der Waals surface area (Å²) in [5.74, 6) is 0. The summed E-state index contributed by atoms with van der Waals surface area (Å²) in [6, 6.07) is 0. The van der Waals surface area contributed by atoms with Gasteiger partial charge in [0.1, 0.15) is 0 Å². The average Bonchev–Trinajstić information content (AvgIpc) is 2.38. The molecule has 1 rings (SSSR count). The number of halogens is 3. The van der Waals surface area contributed by atoms with E-state index in [1.807, 2.05) is 0 Å². The molecule has 0 radical (unpaired) electrons. The Hall–Kier alpha value is -0.370. The number of aliphatic hydroxyl groups excluding tert-OH is 1. The maximum absolute atomic E-state index is 12.6. The largest absolute Gasteiger partial charge is 0.401 e. The van der Waals surface area contributed by atoms with Crippen molar-refractivity contribution in [3.8, 4) is 0 Å². The van der Waals surface area contributed by atoms with Crippen molar-refractivity contribution in [2.24, 2.45) is 5.41 Å².